The van der Waals surface area contributed by atoms with Gasteiger partial charge in [0.1, 0.15) is 17.8 Å². The van der Waals surface area contributed by atoms with E-state index in [1.165, 1.54) is 5.56 Å². The van der Waals surface area contributed by atoms with Gasteiger partial charge in [-0.15, -0.1) is 0 Å². The van der Waals surface area contributed by atoms with Crippen LogP contribution < -0.4 is 0 Å². The maximum absolute atomic E-state index is 15.0. The molecule has 2 heterocycles. The Hall–Kier alpha value is -2.28. The molecule has 0 amide bonds. The molecule has 31 heavy (non-hydrogen) atoms. The van der Waals surface area contributed by atoms with Crippen LogP contribution in [0.2, 0.25) is 0 Å². The minimum atomic E-state index is -1.79. The molecule has 0 radical (unpaired) electrons. The van der Waals surface area contributed by atoms with Crippen LogP contribution in [-0.2, 0) is 19.1 Å². The molecule has 0 N–H and O–H groups in total. The SMILES string of the molecule is CCOC(=O)C1=CN2C3CCC(c4ccccc4)CC3OC3C(F)C(F)CC(C1=O)C32. The Kier molecular flexibility index (Phi) is 5.32. The highest BCUT2D eigenvalue weighted by atomic mass is 19.2. The van der Waals surface area contributed by atoms with Crippen molar-refractivity contribution in [1.29, 1.82) is 0 Å². The van der Waals surface area contributed by atoms with Gasteiger partial charge < -0.3 is 14.4 Å². The number of nitrogens with zero attached hydrogens (tertiary/aromatic N) is 1. The largest absolute Gasteiger partial charge is 0.462 e. The highest BCUT2D eigenvalue weighted by Crippen LogP contribution is 2.48. The van der Waals surface area contributed by atoms with Crippen molar-refractivity contribution in [2.24, 2.45) is 5.92 Å². The zero-order chi connectivity index (χ0) is 21.7. The number of fused-ring (bicyclic) bond motifs is 2. The van der Waals surface area contributed by atoms with Crippen LogP contribution in [0.25, 0.3) is 0 Å². The number of carbonyl (C=O) groups excluding carboxylic acids is 2. The first kappa shape index (κ1) is 20.6. The molecule has 1 aromatic carbocycles. The van der Waals surface area contributed by atoms with Gasteiger partial charge >= 0.3 is 5.97 Å². The second kappa shape index (κ2) is 8.01. The molecule has 1 aromatic rings. The van der Waals surface area contributed by atoms with Crippen molar-refractivity contribution in [1.82, 2.24) is 4.90 Å². The summed E-state index contributed by atoms with van der Waals surface area (Å²) in [5, 5.41) is 0. The van der Waals surface area contributed by atoms with Crippen molar-refractivity contribution in [2.45, 2.75) is 75.2 Å². The molecular formula is C24H27F2NO4. The third-order valence-electron chi connectivity index (χ3n) is 7.35. The minimum absolute atomic E-state index is 0.0582. The maximum atomic E-state index is 15.0. The summed E-state index contributed by atoms with van der Waals surface area (Å²) in [6, 6.07) is 9.48. The number of benzene rings is 1. The predicted molar refractivity (Wildman–Crippen MR) is 109 cm³/mol. The number of morpholine rings is 1. The quantitative estimate of drug-likeness (QED) is 0.542. The summed E-state index contributed by atoms with van der Waals surface area (Å²) >= 11 is 0. The number of carbonyl (C=O) groups is 2. The average molecular weight is 431 g/mol. The molecule has 1 saturated heterocycles. The number of Topliss-reactive ketones (excluding diaryl/α,β-unsaturated/α-hetero) is 1. The Bertz CT molecular complexity index is 891. The van der Waals surface area contributed by atoms with Crippen molar-refractivity contribution in [3.05, 3.63) is 47.7 Å². The van der Waals surface area contributed by atoms with Crippen molar-refractivity contribution >= 4 is 11.8 Å². The molecule has 2 aliphatic heterocycles. The van der Waals surface area contributed by atoms with E-state index < -0.39 is 42.2 Å². The van der Waals surface area contributed by atoms with Crippen molar-refractivity contribution in [3.8, 4) is 0 Å². The first-order valence-corrected chi connectivity index (χ1v) is 11.2. The Morgan fingerprint density at radius 2 is 1.97 bits per heavy atom. The molecule has 8 atom stereocenters. The van der Waals surface area contributed by atoms with Gasteiger partial charge in [0.25, 0.3) is 0 Å². The number of rotatable bonds is 3. The van der Waals surface area contributed by atoms with Gasteiger partial charge in [0.2, 0.25) is 0 Å². The molecule has 0 bridgehead atoms. The predicted octanol–water partition coefficient (Wildman–Crippen LogP) is 3.49. The van der Waals surface area contributed by atoms with Gasteiger partial charge in [-0.2, -0.15) is 0 Å². The van der Waals surface area contributed by atoms with Gasteiger partial charge in [-0.3, -0.25) is 4.79 Å². The number of hydrogen-bond donors (Lipinski definition) is 0. The van der Waals surface area contributed by atoms with E-state index in [9.17, 15) is 18.4 Å². The second-order valence-electron chi connectivity index (χ2n) is 9.00. The number of esters is 1. The first-order chi connectivity index (χ1) is 15.0. The fourth-order valence-electron chi connectivity index (χ4n) is 5.94. The number of halogens is 2. The van der Waals surface area contributed by atoms with Gasteiger partial charge in [0, 0.05) is 12.1 Å². The highest BCUT2D eigenvalue weighted by Gasteiger charge is 2.59. The Morgan fingerprint density at radius 1 is 1.19 bits per heavy atom. The fourth-order valence-corrected chi connectivity index (χ4v) is 5.94. The third kappa shape index (κ3) is 3.37. The summed E-state index contributed by atoms with van der Waals surface area (Å²) in [6.07, 6.45) is -1.17. The molecule has 7 heteroatoms. The summed E-state index contributed by atoms with van der Waals surface area (Å²) in [5.41, 5.74) is 1.15. The van der Waals surface area contributed by atoms with Crippen molar-refractivity contribution < 1.29 is 27.8 Å². The van der Waals surface area contributed by atoms with Crippen molar-refractivity contribution in [2.75, 3.05) is 6.61 Å². The van der Waals surface area contributed by atoms with Gasteiger partial charge in [0.15, 0.2) is 12.0 Å². The number of ketones is 1. The van der Waals surface area contributed by atoms with E-state index in [0.717, 1.165) is 12.8 Å². The zero-order valence-electron chi connectivity index (χ0n) is 17.5. The minimum Gasteiger partial charge on any atom is -0.462 e. The second-order valence-corrected chi connectivity index (χ2v) is 9.00. The molecule has 2 aliphatic carbocycles. The first-order valence-electron chi connectivity index (χ1n) is 11.2. The Morgan fingerprint density at radius 3 is 2.71 bits per heavy atom. The van der Waals surface area contributed by atoms with Gasteiger partial charge in [0.05, 0.1) is 24.8 Å². The van der Waals surface area contributed by atoms with E-state index in [0.29, 0.717) is 6.42 Å². The molecule has 166 valence electrons. The van der Waals surface area contributed by atoms with E-state index in [2.05, 4.69) is 12.1 Å². The lowest BCUT2D eigenvalue weighted by Crippen LogP contribution is -2.70. The summed E-state index contributed by atoms with van der Waals surface area (Å²) in [4.78, 5) is 27.4. The van der Waals surface area contributed by atoms with Crippen LogP contribution in [0, 0.1) is 5.92 Å². The molecule has 3 fully saturated rings. The monoisotopic (exact) mass is 431 g/mol. The Balaban J connectivity index is 1.49. The third-order valence-corrected chi connectivity index (χ3v) is 7.35. The molecule has 8 unspecified atom stereocenters. The van der Waals surface area contributed by atoms with Crippen LogP contribution in [0.3, 0.4) is 0 Å². The summed E-state index contributed by atoms with van der Waals surface area (Å²) in [6.45, 7) is 1.82. The smallest absolute Gasteiger partial charge is 0.343 e. The van der Waals surface area contributed by atoms with Crippen LogP contribution >= 0.6 is 0 Å². The van der Waals surface area contributed by atoms with E-state index in [1.54, 1.807) is 13.1 Å². The summed E-state index contributed by atoms with van der Waals surface area (Å²) < 4.78 is 40.8. The normalized spacial score (nSPS) is 39.3. The maximum Gasteiger partial charge on any atom is 0.343 e. The van der Waals surface area contributed by atoms with Gasteiger partial charge in [-0.05, 0) is 44.1 Å². The average Bonchev–Trinajstić information content (AvgIpc) is 2.79. The molecule has 0 aromatic heterocycles. The van der Waals surface area contributed by atoms with Gasteiger partial charge in [-0.1, -0.05) is 30.3 Å². The van der Waals surface area contributed by atoms with Crippen LogP contribution in [0.4, 0.5) is 8.78 Å². The molecular weight excluding hydrogens is 404 g/mol. The van der Waals surface area contributed by atoms with Crippen LogP contribution in [0.1, 0.15) is 44.1 Å². The lowest BCUT2D eigenvalue weighted by Gasteiger charge is -2.58. The molecule has 5 rings (SSSR count). The van der Waals surface area contributed by atoms with Crippen LogP contribution in [0.5, 0.6) is 0 Å². The van der Waals surface area contributed by atoms with E-state index in [1.807, 2.05) is 23.1 Å². The molecule has 4 aliphatic rings. The lowest BCUT2D eigenvalue weighted by molar-refractivity contribution is -0.211. The van der Waals surface area contributed by atoms with Crippen LogP contribution in [0.15, 0.2) is 42.1 Å². The number of alkyl halides is 2. The van der Waals surface area contributed by atoms with Gasteiger partial charge in [-0.25, -0.2) is 13.6 Å². The lowest BCUT2D eigenvalue weighted by atomic mass is 9.70. The standard InChI is InChI=1S/C24H27F2NO4/c1-2-30-24(29)16-12-27-18-9-8-14(13-6-4-3-5-7-13)10-19(18)31-23-20(26)17(25)11-15(21(23)27)22(16)28/h3-7,12,14-15,17-21,23H,2,8-11H2,1H3. The van der Waals surface area contributed by atoms with Crippen molar-refractivity contribution in [3.63, 3.8) is 0 Å². The molecule has 5 nitrogen and oxygen atoms in total. The molecule has 2 saturated carbocycles. The Labute approximate surface area is 180 Å². The fraction of sp³-hybridized carbons (Fsp3) is 0.583. The highest BCUT2D eigenvalue weighted by molar-refractivity contribution is 6.18. The topological polar surface area (TPSA) is 55.8 Å². The number of hydrogen-bond acceptors (Lipinski definition) is 5. The number of ether oxygens (including phenoxy) is 2. The summed E-state index contributed by atoms with van der Waals surface area (Å²) in [7, 11) is 0. The zero-order valence-corrected chi connectivity index (χ0v) is 17.5. The van der Waals surface area contributed by atoms with E-state index in [4.69, 9.17) is 9.47 Å². The van der Waals surface area contributed by atoms with E-state index >= 15 is 0 Å². The van der Waals surface area contributed by atoms with Crippen LogP contribution in [-0.4, -0.2) is 59.9 Å². The van der Waals surface area contributed by atoms with E-state index in [-0.39, 0.29) is 36.7 Å². The summed E-state index contributed by atoms with van der Waals surface area (Å²) in [5.74, 6) is -1.68. The molecule has 0 spiro atoms.